The SMILES string of the molecule is C[C@H](NC(=O)[C@H](N)CCc1ccccc1)C(=O)NCc1cc(C#N)ccc1O. The smallest absolute Gasteiger partial charge is 0.242 e. The molecule has 0 aliphatic heterocycles. The maximum atomic E-state index is 12.2. The molecule has 0 spiro atoms. The summed E-state index contributed by atoms with van der Waals surface area (Å²) in [5, 5.41) is 23.9. The highest BCUT2D eigenvalue weighted by molar-refractivity contribution is 5.89. The number of phenolic OH excluding ortho intramolecular Hbond substituents is 1. The van der Waals surface area contributed by atoms with Gasteiger partial charge in [0.25, 0.3) is 0 Å². The van der Waals surface area contributed by atoms with E-state index in [1.807, 2.05) is 36.4 Å². The van der Waals surface area contributed by atoms with E-state index in [-0.39, 0.29) is 12.3 Å². The predicted molar refractivity (Wildman–Crippen MR) is 105 cm³/mol. The van der Waals surface area contributed by atoms with Gasteiger partial charge in [-0.15, -0.1) is 0 Å². The first-order valence-corrected chi connectivity index (χ1v) is 9.00. The summed E-state index contributed by atoms with van der Waals surface area (Å²) >= 11 is 0. The molecule has 0 aliphatic carbocycles. The molecule has 0 aromatic heterocycles. The molecule has 28 heavy (non-hydrogen) atoms. The van der Waals surface area contributed by atoms with Gasteiger partial charge in [-0.1, -0.05) is 30.3 Å². The third-order valence-corrected chi connectivity index (χ3v) is 4.34. The second-order valence-corrected chi connectivity index (χ2v) is 6.53. The van der Waals surface area contributed by atoms with E-state index < -0.39 is 23.9 Å². The number of hydrogen-bond donors (Lipinski definition) is 4. The topological polar surface area (TPSA) is 128 Å². The van der Waals surface area contributed by atoms with E-state index in [0.717, 1.165) is 5.56 Å². The minimum atomic E-state index is -0.781. The number of nitrogens with two attached hydrogens (primary N) is 1. The van der Waals surface area contributed by atoms with Crippen LogP contribution in [0.5, 0.6) is 5.75 Å². The number of carbonyl (C=O) groups excluding carboxylic acids is 2. The zero-order chi connectivity index (χ0) is 20.5. The molecule has 0 radical (unpaired) electrons. The molecule has 0 fully saturated rings. The number of amides is 2. The molecule has 0 saturated heterocycles. The molecule has 5 N–H and O–H groups in total. The fourth-order valence-electron chi connectivity index (χ4n) is 2.62. The van der Waals surface area contributed by atoms with Crippen LogP contribution in [0.4, 0.5) is 0 Å². The molecule has 146 valence electrons. The zero-order valence-electron chi connectivity index (χ0n) is 15.7. The van der Waals surface area contributed by atoms with Gasteiger partial charge < -0.3 is 21.5 Å². The molecule has 0 saturated carbocycles. The molecule has 2 amide bonds. The molecule has 0 heterocycles. The summed E-state index contributed by atoms with van der Waals surface area (Å²) in [6.45, 7) is 1.60. The fourth-order valence-corrected chi connectivity index (χ4v) is 2.62. The Kier molecular flexibility index (Phi) is 7.55. The van der Waals surface area contributed by atoms with E-state index in [0.29, 0.717) is 24.0 Å². The highest BCUT2D eigenvalue weighted by Gasteiger charge is 2.20. The second kappa shape index (κ2) is 10.1. The van der Waals surface area contributed by atoms with Gasteiger partial charge in [0.05, 0.1) is 17.7 Å². The van der Waals surface area contributed by atoms with Crippen molar-refractivity contribution in [3.05, 3.63) is 65.2 Å². The van der Waals surface area contributed by atoms with Crippen molar-refractivity contribution >= 4 is 11.8 Å². The normalized spacial score (nSPS) is 12.5. The van der Waals surface area contributed by atoms with Crippen molar-refractivity contribution in [1.29, 1.82) is 5.26 Å². The Bertz CT molecular complexity index is 862. The van der Waals surface area contributed by atoms with Gasteiger partial charge in [-0.3, -0.25) is 9.59 Å². The number of hydrogen-bond acceptors (Lipinski definition) is 5. The molecule has 0 bridgehead atoms. The molecule has 2 rings (SSSR count). The van der Waals surface area contributed by atoms with Gasteiger partial charge in [0.15, 0.2) is 0 Å². The molecule has 7 nitrogen and oxygen atoms in total. The number of carbonyl (C=O) groups is 2. The van der Waals surface area contributed by atoms with Gasteiger partial charge in [0.1, 0.15) is 11.8 Å². The van der Waals surface area contributed by atoms with Gasteiger partial charge in [-0.05, 0) is 43.5 Å². The number of benzene rings is 2. The Balaban J connectivity index is 1.81. The summed E-state index contributed by atoms with van der Waals surface area (Å²) in [6, 6.07) is 14.6. The number of rotatable bonds is 8. The third-order valence-electron chi connectivity index (χ3n) is 4.34. The summed E-state index contributed by atoms with van der Waals surface area (Å²) in [4.78, 5) is 24.4. The van der Waals surface area contributed by atoms with Crippen LogP contribution in [0.2, 0.25) is 0 Å². The first kappa shape index (κ1) is 20.9. The van der Waals surface area contributed by atoms with Crippen LogP contribution in [-0.2, 0) is 22.6 Å². The lowest BCUT2D eigenvalue weighted by Crippen LogP contribution is -2.50. The lowest BCUT2D eigenvalue weighted by Gasteiger charge is -2.17. The molecule has 2 atom stereocenters. The molecular weight excluding hydrogens is 356 g/mol. The lowest BCUT2D eigenvalue weighted by atomic mass is 10.1. The summed E-state index contributed by atoms with van der Waals surface area (Å²) in [7, 11) is 0. The van der Waals surface area contributed by atoms with E-state index >= 15 is 0 Å². The largest absolute Gasteiger partial charge is 0.508 e. The van der Waals surface area contributed by atoms with Crippen LogP contribution < -0.4 is 16.4 Å². The number of phenols is 1. The average molecular weight is 380 g/mol. The first-order valence-electron chi connectivity index (χ1n) is 9.00. The third kappa shape index (κ3) is 6.11. The minimum absolute atomic E-state index is 0.0149. The van der Waals surface area contributed by atoms with E-state index in [1.165, 1.54) is 18.2 Å². The molecule has 2 aromatic rings. The highest BCUT2D eigenvalue weighted by Crippen LogP contribution is 2.17. The van der Waals surface area contributed by atoms with Crippen LogP contribution >= 0.6 is 0 Å². The van der Waals surface area contributed by atoms with Crippen LogP contribution in [0.15, 0.2) is 48.5 Å². The average Bonchev–Trinajstić information content (AvgIpc) is 2.71. The fraction of sp³-hybridized carbons (Fsp3) is 0.286. The van der Waals surface area contributed by atoms with Crippen LogP contribution in [-0.4, -0.2) is 29.0 Å². The Morgan fingerprint density at radius 1 is 1.18 bits per heavy atom. The Labute approximate surface area is 164 Å². The van der Waals surface area contributed by atoms with Gasteiger partial charge >= 0.3 is 0 Å². The van der Waals surface area contributed by atoms with Gasteiger partial charge in [-0.25, -0.2) is 0 Å². The standard InChI is InChI=1S/C21H24N4O3/c1-14(20(27)24-13-17-11-16(12-22)8-10-19(17)26)25-21(28)18(23)9-7-15-5-3-2-4-6-15/h2-6,8,10-11,14,18,26H,7,9,13,23H2,1H3,(H,24,27)(H,25,28)/t14-,18+/m0/s1. The summed E-state index contributed by atoms with van der Waals surface area (Å²) in [6.07, 6.45) is 1.14. The summed E-state index contributed by atoms with van der Waals surface area (Å²) < 4.78 is 0. The number of aromatic hydroxyl groups is 1. The number of nitrogens with one attached hydrogen (secondary N) is 2. The Morgan fingerprint density at radius 3 is 2.57 bits per heavy atom. The number of nitriles is 1. The maximum Gasteiger partial charge on any atom is 0.242 e. The van der Waals surface area contributed by atoms with Crippen molar-refractivity contribution in [2.45, 2.75) is 38.4 Å². The molecular formula is C21H24N4O3. The quantitative estimate of drug-likeness (QED) is 0.549. The van der Waals surface area contributed by atoms with Crippen molar-refractivity contribution in [3.8, 4) is 11.8 Å². The predicted octanol–water partition coefficient (Wildman–Crippen LogP) is 1.34. The Morgan fingerprint density at radius 2 is 1.89 bits per heavy atom. The maximum absolute atomic E-state index is 12.2. The lowest BCUT2D eigenvalue weighted by molar-refractivity contribution is -0.129. The van der Waals surface area contributed by atoms with Crippen LogP contribution in [0, 0.1) is 11.3 Å². The Hall–Kier alpha value is -3.37. The molecule has 2 aromatic carbocycles. The van der Waals surface area contributed by atoms with Crippen molar-refractivity contribution in [1.82, 2.24) is 10.6 Å². The van der Waals surface area contributed by atoms with Crippen LogP contribution in [0.1, 0.15) is 30.0 Å². The molecule has 0 unspecified atom stereocenters. The van der Waals surface area contributed by atoms with Crippen molar-refractivity contribution < 1.29 is 14.7 Å². The van der Waals surface area contributed by atoms with Crippen LogP contribution in [0.3, 0.4) is 0 Å². The first-order chi connectivity index (χ1) is 13.4. The van der Waals surface area contributed by atoms with Crippen molar-refractivity contribution in [2.24, 2.45) is 5.73 Å². The molecule has 0 aliphatic rings. The van der Waals surface area contributed by atoms with Crippen molar-refractivity contribution in [2.75, 3.05) is 0 Å². The monoisotopic (exact) mass is 380 g/mol. The summed E-state index contributed by atoms with van der Waals surface area (Å²) in [5.41, 5.74) is 7.82. The number of aryl methyl sites for hydroxylation is 1. The second-order valence-electron chi connectivity index (χ2n) is 6.53. The minimum Gasteiger partial charge on any atom is -0.508 e. The van der Waals surface area contributed by atoms with Gasteiger partial charge in [0.2, 0.25) is 11.8 Å². The van der Waals surface area contributed by atoms with E-state index in [1.54, 1.807) is 6.92 Å². The van der Waals surface area contributed by atoms with Gasteiger partial charge in [0, 0.05) is 12.1 Å². The van der Waals surface area contributed by atoms with E-state index in [9.17, 15) is 14.7 Å². The molecule has 7 heteroatoms. The summed E-state index contributed by atoms with van der Waals surface area (Å²) in [5.74, 6) is -0.822. The van der Waals surface area contributed by atoms with Crippen LogP contribution in [0.25, 0.3) is 0 Å². The van der Waals surface area contributed by atoms with Crippen molar-refractivity contribution in [3.63, 3.8) is 0 Å². The van der Waals surface area contributed by atoms with E-state index in [2.05, 4.69) is 10.6 Å². The zero-order valence-corrected chi connectivity index (χ0v) is 15.7. The number of nitrogens with zero attached hydrogens (tertiary/aromatic N) is 1. The van der Waals surface area contributed by atoms with E-state index in [4.69, 9.17) is 11.0 Å². The highest BCUT2D eigenvalue weighted by atomic mass is 16.3. The van der Waals surface area contributed by atoms with Gasteiger partial charge in [-0.2, -0.15) is 5.26 Å².